The summed E-state index contributed by atoms with van der Waals surface area (Å²) in [5.74, 6) is 0.0422. The normalized spacial score (nSPS) is 14.7. The zero-order valence-electron chi connectivity index (χ0n) is 8.40. The zero-order valence-corrected chi connectivity index (χ0v) is 8.40. The first-order chi connectivity index (χ1) is 7.28. The lowest BCUT2D eigenvalue weighted by Crippen LogP contribution is -2.26. The highest BCUT2D eigenvalue weighted by Gasteiger charge is 2.22. The van der Waals surface area contributed by atoms with Crippen LogP contribution in [0, 0.1) is 0 Å². The van der Waals surface area contributed by atoms with Crippen LogP contribution in [0.1, 0.15) is 28.8 Å². The maximum atomic E-state index is 11.5. The van der Waals surface area contributed by atoms with Crippen LogP contribution in [0.4, 0.5) is 0 Å². The van der Waals surface area contributed by atoms with Crippen molar-refractivity contribution in [1.29, 1.82) is 0 Å². The molecule has 1 fully saturated rings. The number of aldehydes is 1. The highest BCUT2D eigenvalue weighted by atomic mass is 16.1. The quantitative estimate of drug-likeness (QED) is 0.750. The Kier molecular flexibility index (Phi) is 2.81. The number of rotatable bonds is 4. The lowest BCUT2D eigenvalue weighted by molar-refractivity contribution is -0.120. The van der Waals surface area contributed by atoms with Gasteiger partial charge in [0.25, 0.3) is 0 Å². The molecule has 2 rings (SSSR count). The van der Waals surface area contributed by atoms with Gasteiger partial charge in [-0.25, -0.2) is 0 Å². The first-order valence-electron chi connectivity index (χ1n) is 5.11. The van der Waals surface area contributed by atoms with Crippen LogP contribution < -0.4 is 5.32 Å². The van der Waals surface area contributed by atoms with Crippen molar-refractivity contribution < 1.29 is 9.59 Å². The summed E-state index contributed by atoms with van der Waals surface area (Å²) in [5, 5.41) is 2.91. The Hall–Kier alpha value is -1.64. The second kappa shape index (κ2) is 4.26. The van der Waals surface area contributed by atoms with E-state index >= 15 is 0 Å². The van der Waals surface area contributed by atoms with Crippen LogP contribution in [0.2, 0.25) is 0 Å². The molecule has 15 heavy (non-hydrogen) atoms. The first-order valence-corrected chi connectivity index (χ1v) is 5.11. The Bertz CT molecular complexity index is 383. The van der Waals surface area contributed by atoms with Gasteiger partial charge in [0, 0.05) is 11.6 Å². The van der Waals surface area contributed by atoms with Gasteiger partial charge in [0.15, 0.2) is 0 Å². The van der Waals surface area contributed by atoms with Crippen LogP contribution in [0.15, 0.2) is 24.3 Å². The topological polar surface area (TPSA) is 46.2 Å². The third-order valence-electron chi connectivity index (χ3n) is 2.39. The molecule has 0 spiro atoms. The summed E-state index contributed by atoms with van der Waals surface area (Å²) in [5.41, 5.74) is 1.50. The molecule has 0 bridgehead atoms. The van der Waals surface area contributed by atoms with Crippen LogP contribution >= 0.6 is 0 Å². The number of carbonyl (C=O) groups excluding carboxylic acids is 2. The molecule has 3 heteroatoms. The molecule has 3 nitrogen and oxygen atoms in total. The highest BCUT2D eigenvalue weighted by molar-refractivity contribution is 5.80. The Morgan fingerprint density at radius 2 is 2.27 bits per heavy atom. The van der Waals surface area contributed by atoms with Crippen molar-refractivity contribution in [1.82, 2.24) is 5.32 Å². The molecule has 0 heterocycles. The summed E-state index contributed by atoms with van der Waals surface area (Å²) in [6, 6.07) is 7.53. The summed E-state index contributed by atoms with van der Waals surface area (Å²) < 4.78 is 0. The Balaban J connectivity index is 1.96. The molecular formula is C12H13NO2. The fourth-order valence-corrected chi connectivity index (χ4v) is 1.47. The van der Waals surface area contributed by atoms with Crippen LogP contribution in [-0.4, -0.2) is 18.2 Å². The van der Waals surface area contributed by atoms with Crippen LogP contribution in [-0.2, 0) is 11.2 Å². The van der Waals surface area contributed by atoms with Gasteiger partial charge in [0.05, 0.1) is 6.42 Å². The average molecular weight is 203 g/mol. The molecule has 1 aromatic carbocycles. The molecule has 1 saturated carbocycles. The van der Waals surface area contributed by atoms with E-state index in [1.807, 2.05) is 6.07 Å². The standard InChI is InChI=1S/C12H13NO2/c14-8-10-3-1-2-9(6-10)7-12(15)13-11-4-5-11/h1-3,6,8,11H,4-5,7H2,(H,13,15). The van der Waals surface area contributed by atoms with Crippen LogP contribution in [0.3, 0.4) is 0 Å². The van der Waals surface area contributed by atoms with E-state index in [4.69, 9.17) is 0 Å². The number of carbonyl (C=O) groups is 2. The van der Waals surface area contributed by atoms with E-state index in [1.54, 1.807) is 18.2 Å². The predicted octanol–water partition coefficient (Wildman–Crippen LogP) is 1.32. The average Bonchev–Trinajstić information content (AvgIpc) is 3.02. The molecule has 0 radical (unpaired) electrons. The van der Waals surface area contributed by atoms with E-state index in [9.17, 15) is 9.59 Å². The van der Waals surface area contributed by atoms with Crippen LogP contribution in [0.25, 0.3) is 0 Å². The van der Waals surface area contributed by atoms with E-state index in [1.165, 1.54) is 0 Å². The minimum absolute atomic E-state index is 0.0422. The fraction of sp³-hybridized carbons (Fsp3) is 0.333. The number of hydrogen-bond donors (Lipinski definition) is 1. The minimum atomic E-state index is 0.0422. The molecule has 0 aliphatic heterocycles. The van der Waals surface area contributed by atoms with Crippen molar-refractivity contribution in [3.05, 3.63) is 35.4 Å². The molecular weight excluding hydrogens is 190 g/mol. The lowest BCUT2D eigenvalue weighted by atomic mass is 10.1. The van der Waals surface area contributed by atoms with E-state index in [-0.39, 0.29) is 5.91 Å². The fourth-order valence-electron chi connectivity index (χ4n) is 1.47. The molecule has 0 saturated heterocycles. The summed E-state index contributed by atoms with van der Waals surface area (Å²) in [7, 11) is 0. The van der Waals surface area contributed by atoms with Gasteiger partial charge >= 0.3 is 0 Å². The second-order valence-corrected chi connectivity index (χ2v) is 3.88. The van der Waals surface area contributed by atoms with Gasteiger partial charge < -0.3 is 5.32 Å². The maximum absolute atomic E-state index is 11.5. The van der Waals surface area contributed by atoms with Crippen LogP contribution in [0.5, 0.6) is 0 Å². The van der Waals surface area contributed by atoms with Gasteiger partial charge in [0.1, 0.15) is 6.29 Å². The van der Waals surface area contributed by atoms with Crippen molar-refractivity contribution in [2.24, 2.45) is 0 Å². The largest absolute Gasteiger partial charge is 0.353 e. The third kappa shape index (κ3) is 2.91. The second-order valence-electron chi connectivity index (χ2n) is 3.88. The number of nitrogens with one attached hydrogen (secondary N) is 1. The van der Waals surface area contributed by atoms with Gasteiger partial charge in [-0.1, -0.05) is 18.2 Å². The maximum Gasteiger partial charge on any atom is 0.224 e. The summed E-state index contributed by atoms with van der Waals surface area (Å²) >= 11 is 0. The monoisotopic (exact) mass is 203 g/mol. The molecule has 0 aromatic heterocycles. The van der Waals surface area contributed by atoms with Gasteiger partial charge in [-0.3, -0.25) is 9.59 Å². The lowest BCUT2D eigenvalue weighted by Gasteiger charge is -2.03. The minimum Gasteiger partial charge on any atom is -0.353 e. The van der Waals surface area contributed by atoms with E-state index in [0.717, 1.165) is 24.7 Å². The predicted molar refractivity (Wildman–Crippen MR) is 56.7 cm³/mol. The highest BCUT2D eigenvalue weighted by Crippen LogP contribution is 2.18. The van der Waals surface area contributed by atoms with Crippen molar-refractivity contribution in [2.45, 2.75) is 25.3 Å². The van der Waals surface area contributed by atoms with Gasteiger partial charge in [-0.2, -0.15) is 0 Å². The number of benzene rings is 1. The molecule has 0 atom stereocenters. The molecule has 0 unspecified atom stereocenters. The van der Waals surface area contributed by atoms with E-state index in [2.05, 4.69) is 5.32 Å². The molecule has 1 amide bonds. The summed E-state index contributed by atoms with van der Waals surface area (Å²) in [6.45, 7) is 0. The van der Waals surface area contributed by atoms with Crippen molar-refractivity contribution in [3.8, 4) is 0 Å². The first kappa shape index (κ1) is 9.90. The van der Waals surface area contributed by atoms with E-state index < -0.39 is 0 Å². The summed E-state index contributed by atoms with van der Waals surface area (Å²) in [6.07, 6.45) is 3.35. The van der Waals surface area contributed by atoms with Gasteiger partial charge in [0.2, 0.25) is 5.91 Å². The Morgan fingerprint density at radius 1 is 1.47 bits per heavy atom. The molecule has 1 aliphatic carbocycles. The molecule has 1 aliphatic rings. The van der Waals surface area contributed by atoms with E-state index in [0.29, 0.717) is 18.0 Å². The Morgan fingerprint density at radius 3 is 2.93 bits per heavy atom. The molecule has 78 valence electrons. The number of hydrogen-bond acceptors (Lipinski definition) is 2. The third-order valence-corrected chi connectivity index (χ3v) is 2.39. The molecule has 1 N–H and O–H groups in total. The van der Waals surface area contributed by atoms with Gasteiger partial charge in [-0.05, 0) is 24.5 Å². The molecule has 1 aromatic rings. The van der Waals surface area contributed by atoms with Crippen molar-refractivity contribution in [3.63, 3.8) is 0 Å². The van der Waals surface area contributed by atoms with Crippen molar-refractivity contribution >= 4 is 12.2 Å². The van der Waals surface area contributed by atoms with Crippen molar-refractivity contribution in [2.75, 3.05) is 0 Å². The summed E-state index contributed by atoms with van der Waals surface area (Å²) in [4.78, 5) is 22.0. The van der Waals surface area contributed by atoms with Gasteiger partial charge in [-0.15, -0.1) is 0 Å². The smallest absolute Gasteiger partial charge is 0.224 e. The SMILES string of the molecule is O=Cc1cccc(CC(=O)NC2CC2)c1. The Labute approximate surface area is 88.5 Å². The number of amides is 1. The zero-order chi connectivity index (χ0) is 10.7.